The molecular formula is C30H35Cl2N3O4S. The fraction of sp³-hybridized carbons (Fsp3) is 0.333. The monoisotopic (exact) mass is 603 g/mol. The Kier molecular flexibility index (Phi) is 11.0. The summed E-state index contributed by atoms with van der Waals surface area (Å²) in [5.41, 5.74) is 2.67. The van der Waals surface area contributed by atoms with Gasteiger partial charge in [-0.25, -0.2) is 8.42 Å². The van der Waals surface area contributed by atoms with Gasteiger partial charge in [0.2, 0.25) is 11.8 Å². The smallest absolute Gasteiger partial charge is 0.264 e. The van der Waals surface area contributed by atoms with Gasteiger partial charge in [0.25, 0.3) is 10.0 Å². The highest BCUT2D eigenvalue weighted by Crippen LogP contribution is 2.29. The van der Waals surface area contributed by atoms with Gasteiger partial charge < -0.3 is 10.2 Å². The summed E-state index contributed by atoms with van der Waals surface area (Å²) in [4.78, 5) is 28.5. The SMILES string of the molecule is CCCCNC(=O)[C@H](C)N(Cc1c(Cl)cccc1Cl)C(=O)CN(c1ccc(C)c(C)c1)S(=O)(=O)c1ccccc1. The Morgan fingerprint density at radius 3 is 2.17 bits per heavy atom. The first kappa shape index (κ1) is 31.5. The van der Waals surface area contributed by atoms with Gasteiger partial charge in [-0.05, 0) is 74.7 Å². The Morgan fingerprint density at radius 1 is 0.925 bits per heavy atom. The third-order valence-electron chi connectivity index (χ3n) is 6.78. The molecule has 7 nitrogen and oxygen atoms in total. The Labute approximate surface area is 247 Å². The van der Waals surface area contributed by atoms with Crippen molar-refractivity contribution in [2.75, 3.05) is 17.4 Å². The van der Waals surface area contributed by atoms with Gasteiger partial charge in [-0.1, -0.05) is 66.9 Å². The van der Waals surface area contributed by atoms with Crippen molar-refractivity contribution in [3.63, 3.8) is 0 Å². The van der Waals surface area contributed by atoms with E-state index in [0.717, 1.165) is 28.3 Å². The lowest BCUT2D eigenvalue weighted by atomic mass is 10.1. The molecule has 10 heteroatoms. The van der Waals surface area contributed by atoms with E-state index in [4.69, 9.17) is 23.2 Å². The Hall–Kier alpha value is -3.07. The lowest BCUT2D eigenvalue weighted by Crippen LogP contribution is -2.51. The predicted octanol–water partition coefficient (Wildman–Crippen LogP) is 6.14. The first-order chi connectivity index (χ1) is 19.0. The molecule has 0 aliphatic rings. The van der Waals surface area contributed by atoms with E-state index in [0.29, 0.717) is 27.8 Å². The first-order valence-electron chi connectivity index (χ1n) is 13.1. The van der Waals surface area contributed by atoms with Crippen molar-refractivity contribution in [1.29, 1.82) is 0 Å². The highest BCUT2D eigenvalue weighted by atomic mass is 35.5. The van der Waals surface area contributed by atoms with Gasteiger partial charge in [0.1, 0.15) is 12.6 Å². The lowest BCUT2D eigenvalue weighted by molar-refractivity contribution is -0.139. The van der Waals surface area contributed by atoms with Gasteiger partial charge in [0, 0.05) is 28.7 Å². The summed E-state index contributed by atoms with van der Waals surface area (Å²) >= 11 is 12.8. The van der Waals surface area contributed by atoms with Crippen molar-refractivity contribution in [2.24, 2.45) is 0 Å². The molecule has 1 atom stereocenters. The standard InChI is InChI=1S/C30H35Cl2N3O4S/c1-5-6-17-33-30(37)23(4)34(19-26-27(31)13-10-14-28(26)32)29(36)20-35(24-16-15-21(2)22(3)18-24)40(38,39)25-11-8-7-9-12-25/h7-16,18,23H,5-6,17,19-20H2,1-4H3,(H,33,37)/t23-/m0/s1. The van der Waals surface area contributed by atoms with Crippen molar-refractivity contribution < 1.29 is 18.0 Å². The van der Waals surface area contributed by atoms with Crippen molar-refractivity contribution in [3.05, 3.63) is 93.5 Å². The number of anilines is 1. The van der Waals surface area contributed by atoms with E-state index >= 15 is 0 Å². The molecule has 0 unspecified atom stereocenters. The summed E-state index contributed by atoms with van der Waals surface area (Å²) in [6.07, 6.45) is 1.69. The molecule has 0 saturated heterocycles. The van der Waals surface area contributed by atoms with Crippen LogP contribution in [0.4, 0.5) is 5.69 Å². The predicted molar refractivity (Wildman–Crippen MR) is 161 cm³/mol. The summed E-state index contributed by atoms with van der Waals surface area (Å²) in [7, 11) is -4.13. The van der Waals surface area contributed by atoms with Crippen LogP contribution < -0.4 is 9.62 Å². The Balaban J connectivity index is 2.05. The molecule has 0 bridgehead atoms. The highest BCUT2D eigenvalue weighted by molar-refractivity contribution is 7.92. The van der Waals surface area contributed by atoms with E-state index in [2.05, 4.69) is 5.32 Å². The molecule has 3 rings (SSSR count). The molecule has 0 fully saturated rings. The van der Waals surface area contributed by atoms with Gasteiger partial charge in [0.15, 0.2) is 0 Å². The van der Waals surface area contributed by atoms with Crippen LogP contribution >= 0.6 is 23.2 Å². The molecule has 214 valence electrons. The van der Waals surface area contributed by atoms with Gasteiger partial charge in [0.05, 0.1) is 10.6 Å². The number of nitrogens with one attached hydrogen (secondary N) is 1. The molecule has 0 radical (unpaired) electrons. The topological polar surface area (TPSA) is 86.8 Å². The molecule has 0 aliphatic heterocycles. The van der Waals surface area contributed by atoms with Crippen LogP contribution in [0.25, 0.3) is 0 Å². The number of amides is 2. The number of carbonyl (C=O) groups is 2. The van der Waals surface area contributed by atoms with Crippen LogP contribution in [0.3, 0.4) is 0 Å². The number of unbranched alkanes of at least 4 members (excludes halogenated alkanes) is 1. The number of benzene rings is 3. The van der Waals surface area contributed by atoms with E-state index in [1.165, 1.54) is 17.0 Å². The maximum absolute atomic E-state index is 14.0. The third-order valence-corrected chi connectivity index (χ3v) is 9.27. The molecule has 0 aliphatic carbocycles. The van der Waals surface area contributed by atoms with Crippen LogP contribution in [0.2, 0.25) is 10.0 Å². The fourth-order valence-electron chi connectivity index (χ4n) is 4.10. The number of rotatable bonds is 12. The van der Waals surface area contributed by atoms with E-state index in [9.17, 15) is 18.0 Å². The number of halogens is 2. The van der Waals surface area contributed by atoms with Crippen molar-refractivity contribution >= 4 is 50.7 Å². The summed E-state index contributed by atoms with van der Waals surface area (Å²) < 4.78 is 28.8. The molecular weight excluding hydrogens is 569 g/mol. The number of hydrogen-bond acceptors (Lipinski definition) is 4. The van der Waals surface area contributed by atoms with Crippen molar-refractivity contribution in [1.82, 2.24) is 10.2 Å². The quantitative estimate of drug-likeness (QED) is 0.252. The van der Waals surface area contributed by atoms with Gasteiger partial charge in [-0.15, -0.1) is 0 Å². The second-order valence-corrected chi connectivity index (χ2v) is 12.3. The number of sulfonamides is 1. The van der Waals surface area contributed by atoms with Gasteiger partial charge in [-0.3, -0.25) is 13.9 Å². The van der Waals surface area contributed by atoms with Gasteiger partial charge >= 0.3 is 0 Å². The fourth-order valence-corrected chi connectivity index (χ4v) is 6.05. The van der Waals surface area contributed by atoms with E-state index in [-0.39, 0.29) is 17.3 Å². The minimum atomic E-state index is -4.13. The maximum atomic E-state index is 14.0. The molecule has 0 heterocycles. The summed E-state index contributed by atoms with van der Waals surface area (Å²) in [5, 5.41) is 3.54. The summed E-state index contributed by atoms with van der Waals surface area (Å²) in [6.45, 7) is 7.28. The Morgan fingerprint density at radius 2 is 1.57 bits per heavy atom. The molecule has 3 aromatic carbocycles. The molecule has 2 amide bonds. The molecule has 0 saturated carbocycles. The zero-order chi connectivity index (χ0) is 29.4. The molecule has 3 aromatic rings. The molecule has 1 N–H and O–H groups in total. The number of hydrogen-bond donors (Lipinski definition) is 1. The first-order valence-corrected chi connectivity index (χ1v) is 15.3. The number of aryl methyl sites for hydroxylation is 2. The average molecular weight is 605 g/mol. The highest BCUT2D eigenvalue weighted by Gasteiger charge is 2.33. The molecule has 40 heavy (non-hydrogen) atoms. The summed E-state index contributed by atoms with van der Waals surface area (Å²) in [6, 6.07) is 17.2. The largest absolute Gasteiger partial charge is 0.354 e. The van der Waals surface area contributed by atoms with E-state index in [1.54, 1.807) is 55.5 Å². The van der Waals surface area contributed by atoms with Crippen LogP contribution in [0, 0.1) is 13.8 Å². The number of nitrogens with zero attached hydrogens (tertiary/aromatic N) is 2. The van der Waals surface area contributed by atoms with Crippen LogP contribution in [-0.2, 0) is 26.2 Å². The minimum Gasteiger partial charge on any atom is -0.354 e. The van der Waals surface area contributed by atoms with Crippen LogP contribution in [0.1, 0.15) is 43.4 Å². The number of carbonyl (C=O) groups excluding carboxylic acids is 2. The second-order valence-electron chi connectivity index (χ2n) is 9.64. The zero-order valence-corrected chi connectivity index (χ0v) is 25.5. The molecule has 0 aromatic heterocycles. The third kappa shape index (κ3) is 7.56. The minimum absolute atomic E-state index is 0.0482. The Bertz CT molecular complexity index is 1430. The van der Waals surface area contributed by atoms with Crippen molar-refractivity contribution in [2.45, 2.75) is 58.0 Å². The van der Waals surface area contributed by atoms with E-state index in [1.807, 2.05) is 26.8 Å². The normalized spacial score (nSPS) is 12.1. The lowest BCUT2D eigenvalue weighted by Gasteiger charge is -2.32. The van der Waals surface area contributed by atoms with Crippen LogP contribution in [0.15, 0.2) is 71.6 Å². The maximum Gasteiger partial charge on any atom is 0.264 e. The molecule has 0 spiro atoms. The van der Waals surface area contributed by atoms with E-state index < -0.39 is 28.5 Å². The van der Waals surface area contributed by atoms with Crippen molar-refractivity contribution in [3.8, 4) is 0 Å². The summed E-state index contributed by atoms with van der Waals surface area (Å²) in [5.74, 6) is -0.930. The van der Waals surface area contributed by atoms with Crippen LogP contribution in [-0.4, -0.2) is 44.3 Å². The average Bonchev–Trinajstić information content (AvgIpc) is 2.93. The zero-order valence-electron chi connectivity index (χ0n) is 23.2. The second kappa shape index (κ2) is 14.0. The van der Waals surface area contributed by atoms with Gasteiger partial charge in [-0.2, -0.15) is 0 Å². The van der Waals surface area contributed by atoms with Crippen LogP contribution in [0.5, 0.6) is 0 Å².